The zero-order valence-corrected chi connectivity index (χ0v) is 21.5. The van der Waals surface area contributed by atoms with E-state index in [9.17, 15) is 4.79 Å². The van der Waals surface area contributed by atoms with Crippen molar-refractivity contribution < 1.29 is 14.6 Å². The number of para-hydroxylation sites is 1. The Labute approximate surface area is 206 Å². The maximum absolute atomic E-state index is 10.9. The van der Waals surface area contributed by atoms with E-state index in [4.69, 9.17) is 9.84 Å². The van der Waals surface area contributed by atoms with E-state index < -0.39 is 5.97 Å². The molecule has 0 fully saturated rings. The van der Waals surface area contributed by atoms with Gasteiger partial charge in [-0.2, -0.15) is 0 Å². The molecule has 33 heavy (non-hydrogen) atoms. The number of rotatable bonds is 11. The molecule has 0 saturated heterocycles. The number of unbranched alkanes of at least 4 members (excludes halogenated alkanes) is 2. The zero-order valence-electron chi connectivity index (χ0n) is 19.9. The first-order chi connectivity index (χ1) is 16.0. The lowest BCUT2D eigenvalue weighted by molar-refractivity contribution is -0.131. The number of carboxylic acid groups (broad SMARTS) is 1. The van der Waals surface area contributed by atoms with Gasteiger partial charge in [0, 0.05) is 22.9 Å². The summed E-state index contributed by atoms with van der Waals surface area (Å²) in [5, 5.41) is 8.92. The molecule has 0 radical (unpaired) electrons. The molecule has 0 unspecified atom stereocenters. The first-order valence-electron chi connectivity index (χ1n) is 11.8. The van der Waals surface area contributed by atoms with Crippen LogP contribution in [0.3, 0.4) is 0 Å². The second-order valence-electron chi connectivity index (χ2n) is 8.65. The number of aliphatic carboxylic acids is 1. The van der Waals surface area contributed by atoms with Crippen LogP contribution in [0.1, 0.15) is 52.4 Å². The van der Waals surface area contributed by atoms with E-state index in [0.717, 1.165) is 23.3 Å². The van der Waals surface area contributed by atoms with Crippen molar-refractivity contribution >= 4 is 40.9 Å². The Kier molecular flexibility index (Phi) is 9.63. The number of anilines is 2. The Bertz CT molecular complexity index is 938. The molecule has 2 aromatic rings. The van der Waals surface area contributed by atoms with Crippen LogP contribution >= 0.6 is 23.5 Å². The van der Waals surface area contributed by atoms with Crippen molar-refractivity contribution in [2.45, 2.75) is 62.2 Å². The van der Waals surface area contributed by atoms with Crippen LogP contribution < -0.4 is 9.64 Å². The minimum Gasteiger partial charge on any atom is -0.478 e. The lowest BCUT2D eigenvalue weighted by atomic mass is 9.79. The summed E-state index contributed by atoms with van der Waals surface area (Å²) in [6.45, 7) is 5.56. The Morgan fingerprint density at radius 1 is 1.18 bits per heavy atom. The van der Waals surface area contributed by atoms with Gasteiger partial charge in [-0.15, -0.1) is 23.5 Å². The van der Waals surface area contributed by atoms with Crippen molar-refractivity contribution in [2.24, 2.45) is 5.41 Å². The molecule has 0 aromatic heterocycles. The number of ether oxygens (including phenoxy) is 1. The van der Waals surface area contributed by atoms with Gasteiger partial charge >= 0.3 is 5.97 Å². The summed E-state index contributed by atoms with van der Waals surface area (Å²) >= 11 is 3.53. The third kappa shape index (κ3) is 6.73. The average molecular weight is 486 g/mol. The molecule has 0 atom stereocenters. The van der Waals surface area contributed by atoms with E-state index in [1.54, 1.807) is 11.8 Å². The molecule has 0 aliphatic carbocycles. The van der Waals surface area contributed by atoms with Gasteiger partial charge in [0.15, 0.2) is 0 Å². The number of thioether (sulfide) groups is 2. The van der Waals surface area contributed by atoms with E-state index in [1.807, 2.05) is 18.0 Å². The molecule has 0 spiro atoms. The molecule has 0 saturated carbocycles. The first-order valence-corrected chi connectivity index (χ1v) is 14.0. The molecule has 4 nitrogen and oxygen atoms in total. The second-order valence-corrected chi connectivity index (χ2v) is 10.5. The van der Waals surface area contributed by atoms with Crippen LogP contribution in [0.2, 0.25) is 0 Å². The molecule has 3 rings (SSSR count). The number of nitrogens with zero attached hydrogens (tertiary/aromatic N) is 1. The maximum Gasteiger partial charge on any atom is 0.331 e. The van der Waals surface area contributed by atoms with Crippen molar-refractivity contribution in [1.29, 1.82) is 0 Å². The molecular formula is C27H35NO3S2. The van der Waals surface area contributed by atoms with Gasteiger partial charge in [-0.1, -0.05) is 57.7 Å². The predicted molar refractivity (Wildman–Crippen MR) is 141 cm³/mol. The summed E-state index contributed by atoms with van der Waals surface area (Å²) in [4.78, 5) is 15.6. The monoisotopic (exact) mass is 485 g/mol. The second kappa shape index (κ2) is 12.4. The van der Waals surface area contributed by atoms with Crippen LogP contribution in [0.15, 0.2) is 64.6 Å². The Morgan fingerprint density at radius 3 is 2.48 bits per heavy atom. The van der Waals surface area contributed by atoms with Gasteiger partial charge in [-0.25, -0.2) is 4.79 Å². The van der Waals surface area contributed by atoms with Gasteiger partial charge in [-0.3, -0.25) is 0 Å². The molecule has 1 aliphatic heterocycles. The van der Waals surface area contributed by atoms with Crippen molar-refractivity contribution in [2.75, 3.05) is 23.5 Å². The first kappa shape index (κ1) is 25.6. The van der Waals surface area contributed by atoms with Gasteiger partial charge in [0.05, 0.1) is 22.9 Å². The number of benzene rings is 2. The van der Waals surface area contributed by atoms with Crippen molar-refractivity contribution in [3.8, 4) is 5.75 Å². The zero-order chi connectivity index (χ0) is 23.7. The summed E-state index contributed by atoms with van der Waals surface area (Å²) in [6, 6.07) is 15.0. The fourth-order valence-electron chi connectivity index (χ4n) is 4.34. The topological polar surface area (TPSA) is 49.8 Å². The molecule has 1 N–H and O–H groups in total. The quantitative estimate of drug-likeness (QED) is 0.198. The van der Waals surface area contributed by atoms with Crippen molar-refractivity contribution in [1.82, 2.24) is 0 Å². The summed E-state index contributed by atoms with van der Waals surface area (Å²) in [7, 11) is 0. The fraction of sp³-hybridized carbons (Fsp3) is 0.444. The van der Waals surface area contributed by atoms with Crippen molar-refractivity contribution in [3.05, 3.63) is 54.8 Å². The van der Waals surface area contributed by atoms with Crippen molar-refractivity contribution in [3.63, 3.8) is 0 Å². The molecule has 1 aliphatic rings. The van der Waals surface area contributed by atoms with Gasteiger partial charge in [-0.05, 0) is 48.8 Å². The van der Waals surface area contributed by atoms with E-state index >= 15 is 0 Å². The van der Waals surface area contributed by atoms with Gasteiger partial charge in [0.25, 0.3) is 0 Å². The molecule has 1 heterocycles. The van der Waals surface area contributed by atoms with Crippen LogP contribution in [0.5, 0.6) is 5.75 Å². The third-order valence-corrected chi connectivity index (χ3v) is 8.31. The molecule has 2 aromatic carbocycles. The summed E-state index contributed by atoms with van der Waals surface area (Å²) in [5.74, 6) is 0.761. The van der Waals surface area contributed by atoms with E-state index in [1.165, 1.54) is 61.1 Å². The van der Waals surface area contributed by atoms with Crippen LogP contribution in [0, 0.1) is 5.41 Å². The summed E-state index contributed by atoms with van der Waals surface area (Å²) in [5.41, 5.74) is 2.67. The van der Waals surface area contributed by atoms with Crippen LogP contribution in [0.4, 0.5) is 11.4 Å². The normalized spacial score (nSPS) is 15.3. The number of hydrogen-bond donors (Lipinski definition) is 1. The largest absolute Gasteiger partial charge is 0.478 e. The van der Waals surface area contributed by atoms with Crippen LogP contribution in [-0.4, -0.2) is 29.6 Å². The predicted octanol–water partition coefficient (Wildman–Crippen LogP) is 8.00. The lowest BCUT2D eigenvalue weighted by Gasteiger charge is -2.37. The van der Waals surface area contributed by atoms with Gasteiger partial charge in [0.2, 0.25) is 0 Å². The average Bonchev–Trinajstić information content (AvgIpc) is 2.98. The highest BCUT2D eigenvalue weighted by Gasteiger charge is 2.36. The molecule has 178 valence electrons. The summed E-state index contributed by atoms with van der Waals surface area (Å²) < 4.78 is 5.75. The highest BCUT2D eigenvalue weighted by molar-refractivity contribution is 7.99. The molecule has 6 heteroatoms. The smallest absolute Gasteiger partial charge is 0.331 e. The Morgan fingerprint density at radius 2 is 1.88 bits per heavy atom. The van der Waals surface area contributed by atoms with Crippen LogP contribution in [-0.2, 0) is 4.79 Å². The Balaban J connectivity index is 2.07. The highest BCUT2D eigenvalue weighted by Crippen LogP contribution is 2.50. The number of hydrogen-bond acceptors (Lipinski definition) is 5. The summed E-state index contributed by atoms with van der Waals surface area (Å²) in [6.07, 6.45) is 11.7. The maximum atomic E-state index is 10.9. The number of carbonyl (C=O) groups is 1. The van der Waals surface area contributed by atoms with E-state index in [2.05, 4.69) is 61.2 Å². The third-order valence-electron chi connectivity index (χ3n) is 6.16. The number of carboxylic acids is 1. The fourth-order valence-corrected chi connectivity index (χ4v) is 6.23. The molecular weight excluding hydrogens is 450 g/mol. The van der Waals surface area contributed by atoms with Gasteiger partial charge < -0.3 is 14.7 Å². The van der Waals surface area contributed by atoms with Gasteiger partial charge in [0.1, 0.15) is 5.75 Å². The van der Waals surface area contributed by atoms with Crippen LogP contribution in [0.25, 0.3) is 0 Å². The number of fused-ring (bicyclic) bond motifs is 1. The lowest BCUT2D eigenvalue weighted by Crippen LogP contribution is -2.36. The van der Waals surface area contributed by atoms with E-state index in [-0.39, 0.29) is 5.41 Å². The highest BCUT2D eigenvalue weighted by atomic mass is 32.2. The molecule has 0 amide bonds. The minimum atomic E-state index is -1.02. The standard InChI is InChI=1S/C27H35NO3S2/c1-4-6-14-27(15-7-5-2)19-28(21-11-9-8-10-12-21)22-17-25(32-3)23(18-24(22)33-20-27)31-16-13-26(29)30/h8-13,16-18H,4-7,14-15,19-20H2,1-3H3,(H,29,30)/b16-13+. The van der Waals surface area contributed by atoms with E-state index in [0.29, 0.717) is 5.75 Å². The molecule has 0 bridgehead atoms. The SMILES string of the molecule is CCCCC1(CCCC)CSc2cc(O/C=C/C(=O)O)c(SC)cc2N(c2ccccc2)C1. The Hall–Kier alpha value is -2.05. The minimum absolute atomic E-state index is 0.245.